The van der Waals surface area contributed by atoms with Crippen LogP contribution in [0.2, 0.25) is 0 Å². The highest BCUT2D eigenvalue weighted by atomic mass is 19.4. The molecule has 0 atom stereocenters. The van der Waals surface area contributed by atoms with Crippen LogP contribution in [0.1, 0.15) is 29.3 Å². The molecule has 0 heterocycles. The summed E-state index contributed by atoms with van der Waals surface area (Å²) in [6, 6.07) is 7.83. The van der Waals surface area contributed by atoms with Gasteiger partial charge in [-0.1, -0.05) is 19.1 Å². The normalized spacial score (nSPS) is 11.1. The third kappa shape index (κ3) is 4.50. The van der Waals surface area contributed by atoms with Gasteiger partial charge in [0.25, 0.3) is 11.6 Å². The lowest BCUT2D eigenvalue weighted by Gasteiger charge is -2.15. The summed E-state index contributed by atoms with van der Waals surface area (Å²) in [7, 11) is 0. The van der Waals surface area contributed by atoms with Crippen LogP contribution in [-0.2, 0) is 6.18 Å². The largest absolute Gasteiger partial charge is 0.491 e. The summed E-state index contributed by atoms with van der Waals surface area (Å²) in [5.41, 5.74) is -1.90. The number of alkyl halides is 3. The highest BCUT2D eigenvalue weighted by molar-refractivity contribution is 6.07. The smallest absolute Gasteiger partial charge is 0.416 e. The second-order valence-electron chi connectivity index (χ2n) is 5.29. The Bertz CT molecular complexity index is 822. The van der Waals surface area contributed by atoms with Crippen molar-refractivity contribution in [2.75, 3.05) is 11.9 Å². The Labute approximate surface area is 146 Å². The van der Waals surface area contributed by atoms with Gasteiger partial charge in [-0.3, -0.25) is 14.9 Å². The Morgan fingerprint density at radius 1 is 1.23 bits per heavy atom. The number of benzene rings is 2. The molecule has 6 nitrogen and oxygen atoms in total. The van der Waals surface area contributed by atoms with Gasteiger partial charge in [0.1, 0.15) is 11.3 Å². The van der Waals surface area contributed by atoms with Crippen molar-refractivity contribution in [2.24, 2.45) is 0 Å². The second-order valence-corrected chi connectivity index (χ2v) is 5.29. The minimum absolute atomic E-state index is 0.0479. The first-order valence-electron chi connectivity index (χ1n) is 7.63. The van der Waals surface area contributed by atoms with E-state index in [2.05, 4.69) is 5.32 Å². The fraction of sp³-hybridized carbons (Fsp3) is 0.235. The van der Waals surface area contributed by atoms with Gasteiger partial charge in [-0.05, 0) is 30.7 Å². The predicted molar refractivity (Wildman–Crippen MR) is 88.3 cm³/mol. The SMILES string of the molecule is CCCOc1ccc(C(F)(F)F)cc1NC(=O)c1ccccc1[N+](=O)[O-]. The van der Waals surface area contributed by atoms with E-state index in [9.17, 15) is 28.1 Å². The number of nitrogens with one attached hydrogen (secondary N) is 1. The number of nitro benzene ring substituents is 1. The Balaban J connectivity index is 2.40. The van der Waals surface area contributed by atoms with Gasteiger partial charge in [0, 0.05) is 6.07 Å². The first-order valence-corrected chi connectivity index (χ1v) is 7.63. The molecule has 138 valence electrons. The van der Waals surface area contributed by atoms with Gasteiger partial charge in [0.15, 0.2) is 0 Å². The molecule has 1 N–H and O–H groups in total. The molecule has 1 amide bonds. The molecule has 0 saturated carbocycles. The molecule has 2 rings (SSSR count). The summed E-state index contributed by atoms with van der Waals surface area (Å²) < 4.78 is 44.2. The van der Waals surface area contributed by atoms with Gasteiger partial charge < -0.3 is 10.1 Å². The molecule has 0 aliphatic rings. The van der Waals surface area contributed by atoms with Crippen molar-refractivity contribution >= 4 is 17.3 Å². The first-order chi connectivity index (χ1) is 12.2. The number of para-hydroxylation sites is 1. The standard InChI is InChI=1S/C17H15F3N2O4/c1-2-9-26-15-8-7-11(17(18,19)20)10-13(15)21-16(23)12-5-3-4-6-14(12)22(24)25/h3-8,10H,2,9H2,1H3,(H,21,23). The zero-order valence-electron chi connectivity index (χ0n) is 13.7. The molecule has 0 radical (unpaired) electrons. The summed E-state index contributed by atoms with van der Waals surface area (Å²) in [5, 5.41) is 13.3. The number of ether oxygens (including phenoxy) is 1. The van der Waals surface area contributed by atoms with E-state index >= 15 is 0 Å². The average Bonchev–Trinajstić information content (AvgIpc) is 2.59. The van der Waals surface area contributed by atoms with Crippen molar-refractivity contribution < 1.29 is 27.6 Å². The van der Waals surface area contributed by atoms with Crippen LogP contribution < -0.4 is 10.1 Å². The Morgan fingerprint density at radius 2 is 1.92 bits per heavy atom. The molecule has 26 heavy (non-hydrogen) atoms. The van der Waals surface area contributed by atoms with Gasteiger partial charge in [-0.25, -0.2) is 0 Å². The van der Waals surface area contributed by atoms with E-state index in [4.69, 9.17) is 4.74 Å². The maximum Gasteiger partial charge on any atom is 0.416 e. The molecule has 0 unspecified atom stereocenters. The summed E-state index contributed by atoms with van der Waals surface area (Å²) >= 11 is 0. The number of nitro groups is 1. The van der Waals surface area contributed by atoms with Gasteiger partial charge in [0.05, 0.1) is 22.8 Å². The average molecular weight is 368 g/mol. The molecule has 0 saturated heterocycles. The third-order valence-electron chi connectivity index (χ3n) is 3.36. The number of hydrogen-bond donors (Lipinski definition) is 1. The second kappa shape index (κ2) is 7.85. The molecule has 0 aromatic heterocycles. The van der Waals surface area contributed by atoms with E-state index in [0.29, 0.717) is 6.42 Å². The van der Waals surface area contributed by atoms with Crippen LogP contribution in [0, 0.1) is 10.1 Å². The molecule has 2 aromatic carbocycles. The highest BCUT2D eigenvalue weighted by Crippen LogP contribution is 2.35. The number of nitrogens with zero attached hydrogens (tertiary/aromatic N) is 1. The molecule has 0 bridgehead atoms. The van der Waals surface area contributed by atoms with E-state index in [1.54, 1.807) is 0 Å². The maximum atomic E-state index is 12.9. The maximum absolute atomic E-state index is 12.9. The lowest BCUT2D eigenvalue weighted by molar-refractivity contribution is -0.385. The number of anilines is 1. The highest BCUT2D eigenvalue weighted by Gasteiger charge is 2.31. The molecule has 0 aliphatic heterocycles. The summed E-state index contributed by atoms with van der Waals surface area (Å²) in [5.74, 6) is -0.857. The lowest BCUT2D eigenvalue weighted by Crippen LogP contribution is -2.16. The van der Waals surface area contributed by atoms with Gasteiger partial charge in [-0.15, -0.1) is 0 Å². The van der Waals surface area contributed by atoms with Crippen LogP contribution in [0.4, 0.5) is 24.5 Å². The zero-order valence-corrected chi connectivity index (χ0v) is 13.7. The molecule has 9 heteroatoms. The Kier molecular flexibility index (Phi) is 5.81. The van der Waals surface area contributed by atoms with E-state index in [1.165, 1.54) is 18.2 Å². The molecule has 2 aromatic rings. The topological polar surface area (TPSA) is 81.5 Å². The van der Waals surface area contributed by atoms with Gasteiger partial charge in [0.2, 0.25) is 0 Å². The van der Waals surface area contributed by atoms with Crippen molar-refractivity contribution in [1.82, 2.24) is 0 Å². The van der Waals surface area contributed by atoms with Crippen molar-refractivity contribution in [3.63, 3.8) is 0 Å². The summed E-state index contributed by atoms with van der Waals surface area (Å²) in [6.45, 7) is 2.05. The van der Waals surface area contributed by atoms with E-state index < -0.39 is 28.3 Å². The minimum atomic E-state index is -4.61. The minimum Gasteiger partial charge on any atom is -0.491 e. The molecule has 0 spiro atoms. The van der Waals surface area contributed by atoms with Crippen LogP contribution >= 0.6 is 0 Å². The van der Waals surface area contributed by atoms with Gasteiger partial charge >= 0.3 is 6.18 Å². The number of hydrogen-bond acceptors (Lipinski definition) is 4. The summed E-state index contributed by atoms with van der Waals surface area (Å²) in [6.07, 6.45) is -4.00. The molecular formula is C17H15F3N2O4. The fourth-order valence-electron chi connectivity index (χ4n) is 2.16. The van der Waals surface area contributed by atoms with Crippen LogP contribution in [-0.4, -0.2) is 17.4 Å². The molecule has 0 aliphatic carbocycles. The van der Waals surface area contributed by atoms with E-state index in [0.717, 1.165) is 24.3 Å². The monoisotopic (exact) mass is 368 g/mol. The van der Waals surface area contributed by atoms with Crippen LogP contribution in [0.25, 0.3) is 0 Å². The number of rotatable bonds is 6. The molecule has 0 fully saturated rings. The first kappa shape index (κ1) is 19.2. The molecular weight excluding hydrogens is 353 g/mol. The fourth-order valence-corrected chi connectivity index (χ4v) is 2.16. The van der Waals surface area contributed by atoms with Crippen LogP contribution in [0.3, 0.4) is 0 Å². The van der Waals surface area contributed by atoms with Crippen LogP contribution in [0.5, 0.6) is 5.75 Å². The van der Waals surface area contributed by atoms with Crippen LogP contribution in [0.15, 0.2) is 42.5 Å². The number of halogens is 3. The number of amides is 1. The lowest BCUT2D eigenvalue weighted by atomic mass is 10.1. The van der Waals surface area contributed by atoms with Crippen molar-refractivity contribution in [3.8, 4) is 5.75 Å². The summed E-state index contributed by atoms with van der Waals surface area (Å²) in [4.78, 5) is 22.7. The Morgan fingerprint density at radius 3 is 2.54 bits per heavy atom. The quantitative estimate of drug-likeness (QED) is 0.594. The number of carbonyl (C=O) groups is 1. The van der Waals surface area contributed by atoms with Crippen molar-refractivity contribution in [1.29, 1.82) is 0 Å². The van der Waals surface area contributed by atoms with Crippen molar-refractivity contribution in [3.05, 3.63) is 63.7 Å². The van der Waals surface area contributed by atoms with Gasteiger partial charge in [-0.2, -0.15) is 13.2 Å². The third-order valence-corrected chi connectivity index (χ3v) is 3.36. The predicted octanol–water partition coefficient (Wildman–Crippen LogP) is 4.65. The Hall–Kier alpha value is -3.10. The zero-order chi connectivity index (χ0) is 19.3. The number of carbonyl (C=O) groups excluding carboxylic acids is 1. The van der Waals surface area contributed by atoms with E-state index in [-0.39, 0.29) is 23.6 Å². The van der Waals surface area contributed by atoms with E-state index in [1.807, 2.05) is 6.92 Å². The van der Waals surface area contributed by atoms with Crippen molar-refractivity contribution in [2.45, 2.75) is 19.5 Å².